The molecule has 0 unspecified atom stereocenters. The van der Waals surface area contributed by atoms with Gasteiger partial charge in [-0.25, -0.2) is 19.6 Å². The van der Waals surface area contributed by atoms with Crippen molar-refractivity contribution in [3.05, 3.63) is 63.5 Å². The molecule has 0 amide bonds. The predicted molar refractivity (Wildman–Crippen MR) is 112 cm³/mol. The minimum absolute atomic E-state index is 0.600. The molecule has 1 aromatic carbocycles. The van der Waals surface area contributed by atoms with Crippen LogP contribution in [0.1, 0.15) is 11.4 Å². The molecule has 9 heteroatoms. The first kappa shape index (κ1) is 17.6. The summed E-state index contributed by atoms with van der Waals surface area (Å²) in [6.45, 7) is 2.65. The largest absolute Gasteiger partial charge is 0.324 e. The Morgan fingerprint density at radius 1 is 1.11 bits per heavy atom. The van der Waals surface area contributed by atoms with Crippen molar-refractivity contribution in [2.24, 2.45) is 0 Å². The number of thiazole rings is 1. The van der Waals surface area contributed by atoms with Crippen LogP contribution < -0.4 is 4.90 Å². The Morgan fingerprint density at radius 2 is 1.96 bits per heavy atom. The number of nitrogens with zero attached hydrogens (tertiary/aromatic N) is 6. The summed E-state index contributed by atoms with van der Waals surface area (Å²) in [5, 5.41) is 8.72. The van der Waals surface area contributed by atoms with E-state index in [0.717, 1.165) is 46.6 Å². The van der Waals surface area contributed by atoms with Gasteiger partial charge in [0.1, 0.15) is 22.3 Å². The van der Waals surface area contributed by atoms with Crippen LogP contribution in [0.15, 0.2) is 42.0 Å². The molecule has 0 bridgehead atoms. The summed E-state index contributed by atoms with van der Waals surface area (Å²) in [5.74, 6) is 2.33. The molecule has 0 saturated heterocycles. The van der Waals surface area contributed by atoms with E-state index in [0.29, 0.717) is 15.9 Å². The number of hydrogen-bond donors (Lipinski definition) is 0. The van der Waals surface area contributed by atoms with Gasteiger partial charge in [-0.3, -0.25) is 0 Å². The Hall–Kier alpha value is -2.48. The predicted octanol–water partition coefficient (Wildman–Crippen LogP) is 5.10. The van der Waals surface area contributed by atoms with Crippen LogP contribution >= 0.6 is 34.5 Å². The molecule has 3 aromatic heterocycles. The highest BCUT2D eigenvalue weighted by molar-refractivity contribution is 7.13. The number of rotatable bonds is 3. The van der Waals surface area contributed by atoms with Crippen molar-refractivity contribution in [1.82, 2.24) is 24.7 Å². The molecular formula is C19H14Cl2N6S. The fourth-order valence-electron chi connectivity index (χ4n) is 3.37. The number of fused-ring (bicyclic) bond motifs is 1. The van der Waals surface area contributed by atoms with Crippen LogP contribution in [0.3, 0.4) is 0 Å². The van der Waals surface area contributed by atoms with Crippen LogP contribution in [-0.4, -0.2) is 31.3 Å². The van der Waals surface area contributed by atoms with Crippen LogP contribution in [0.2, 0.25) is 10.0 Å². The Morgan fingerprint density at radius 3 is 2.75 bits per heavy atom. The normalized spacial score (nSPS) is 13.2. The number of anilines is 2. The highest BCUT2D eigenvalue weighted by Crippen LogP contribution is 2.39. The van der Waals surface area contributed by atoms with Gasteiger partial charge in [0.2, 0.25) is 0 Å². The fourth-order valence-corrected chi connectivity index (χ4v) is 4.49. The summed E-state index contributed by atoms with van der Waals surface area (Å²) >= 11 is 14.1. The lowest BCUT2D eigenvalue weighted by Gasteiger charge is -2.20. The molecular weight excluding hydrogens is 415 g/mol. The lowest BCUT2D eigenvalue weighted by molar-refractivity contribution is 0.818. The minimum Gasteiger partial charge on any atom is -0.324 e. The number of benzene rings is 1. The summed E-state index contributed by atoms with van der Waals surface area (Å²) < 4.78 is 1.80. The van der Waals surface area contributed by atoms with E-state index in [1.807, 2.05) is 36.7 Å². The van der Waals surface area contributed by atoms with Gasteiger partial charge in [-0.1, -0.05) is 23.2 Å². The highest BCUT2D eigenvalue weighted by Gasteiger charge is 2.28. The topological polar surface area (TPSA) is 59.7 Å². The van der Waals surface area contributed by atoms with E-state index in [1.54, 1.807) is 28.3 Å². The van der Waals surface area contributed by atoms with Crippen LogP contribution in [-0.2, 0) is 6.42 Å². The Bertz CT molecular complexity index is 1170. The van der Waals surface area contributed by atoms with Crippen molar-refractivity contribution in [2.75, 3.05) is 11.4 Å². The number of aromatic nitrogens is 5. The maximum Gasteiger partial charge on any atom is 0.162 e. The average molecular weight is 429 g/mol. The molecule has 0 spiro atoms. The van der Waals surface area contributed by atoms with E-state index in [9.17, 15) is 0 Å². The van der Waals surface area contributed by atoms with Crippen molar-refractivity contribution in [3.8, 4) is 16.5 Å². The second-order valence-corrected chi connectivity index (χ2v) is 8.11. The summed E-state index contributed by atoms with van der Waals surface area (Å²) in [5.41, 5.74) is 2.76. The van der Waals surface area contributed by atoms with Crippen molar-refractivity contribution >= 4 is 46.0 Å². The molecule has 4 heterocycles. The molecule has 0 fully saturated rings. The average Bonchev–Trinajstić information content (AvgIpc) is 3.41. The molecule has 5 rings (SSSR count). The maximum absolute atomic E-state index is 6.44. The Labute approximate surface area is 175 Å². The molecule has 4 aromatic rings. The van der Waals surface area contributed by atoms with E-state index in [2.05, 4.69) is 25.0 Å². The smallest absolute Gasteiger partial charge is 0.162 e. The first-order chi connectivity index (χ1) is 13.6. The summed E-state index contributed by atoms with van der Waals surface area (Å²) in [6.07, 6.45) is 4.49. The molecule has 0 radical (unpaired) electrons. The number of aryl methyl sites for hydroxylation is 1. The van der Waals surface area contributed by atoms with Gasteiger partial charge in [0, 0.05) is 34.9 Å². The van der Waals surface area contributed by atoms with Gasteiger partial charge in [-0.2, -0.15) is 5.10 Å². The molecule has 1 aliphatic heterocycles. The standard InChI is InChI=1S/C19H14Cl2N6S/c1-11-23-17-13(4-7-26(17)16-3-2-12(20)10-14(16)21)18(24-11)27-8-5-15(25-27)19-22-6-9-28-19/h2-3,5-6,8-10H,4,7H2,1H3. The number of hydrogen-bond acceptors (Lipinski definition) is 6. The van der Waals surface area contributed by atoms with Crippen molar-refractivity contribution in [3.63, 3.8) is 0 Å². The molecule has 0 N–H and O–H groups in total. The molecule has 0 atom stereocenters. The van der Waals surface area contributed by atoms with Gasteiger partial charge in [-0.05, 0) is 37.6 Å². The van der Waals surface area contributed by atoms with Crippen LogP contribution in [0.4, 0.5) is 11.5 Å². The second-order valence-electron chi connectivity index (χ2n) is 6.38. The lowest BCUT2D eigenvalue weighted by atomic mass is 10.2. The van der Waals surface area contributed by atoms with Crippen molar-refractivity contribution in [1.29, 1.82) is 0 Å². The number of halogens is 2. The first-order valence-corrected chi connectivity index (χ1v) is 10.3. The molecule has 1 aliphatic rings. The van der Waals surface area contributed by atoms with Crippen molar-refractivity contribution in [2.45, 2.75) is 13.3 Å². The summed E-state index contributed by atoms with van der Waals surface area (Å²) in [4.78, 5) is 15.8. The van der Waals surface area contributed by atoms with E-state index in [4.69, 9.17) is 23.2 Å². The van der Waals surface area contributed by atoms with Crippen LogP contribution in [0.25, 0.3) is 16.5 Å². The Kier molecular flexibility index (Phi) is 4.30. The van der Waals surface area contributed by atoms with E-state index >= 15 is 0 Å². The molecule has 28 heavy (non-hydrogen) atoms. The SMILES string of the molecule is Cc1nc2c(c(-n3ccc(-c4nccs4)n3)n1)CCN2c1ccc(Cl)cc1Cl. The fraction of sp³-hybridized carbons (Fsp3) is 0.158. The quantitative estimate of drug-likeness (QED) is 0.454. The zero-order valence-corrected chi connectivity index (χ0v) is 17.1. The lowest BCUT2D eigenvalue weighted by Crippen LogP contribution is -2.15. The minimum atomic E-state index is 0.600. The maximum atomic E-state index is 6.44. The van der Waals surface area contributed by atoms with Crippen molar-refractivity contribution < 1.29 is 0 Å². The van der Waals surface area contributed by atoms with E-state index in [-0.39, 0.29) is 0 Å². The molecule has 140 valence electrons. The van der Waals surface area contributed by atoms with Gasteiger partial charge in [0.15, 0.2) is 5.82 Å². The molecule has 0 saturated carbocycles. The Balaban J connectivity index is 1.59. The zero-order chi connectivity index (χ0) is 19.3. The molecule has 6 nitrogen and oxygen atoms in total. The third-order valence-electron chi connectivity index (χ3n) is 4.57. The molecule has 0 aliphatic carbocycles. The third kappa shape index (κ3) is 2.96. The summed E-state index contributed by atoms with van der Waals surface area (Å²) in [7, 11) is 0. The third-order valence-corrected chi connectivity index (χ3v) is 5.91. The van der Waals surface area contributed by atoms with Gasteiger partial charge in [-0.15, -0.1) is 11.3 Å². The van der Waals surface area contributed by atoms with Crippen LogP contribution in [0, 0.1) is 6.92 Å². The van der Waals surface area contributed by atoms with Gasteiger partial charge in [0.25, 0.3) is 0 Å². The van der Waals surface area contributed by atoms with E-state index in [1.165, 1.54) is 0 Å². The zero-order valence-electron chi connectivity index (χ0n) is 14.8. The highest BCUT2D eigenvalue weighted by atomic mass is 35.5. The first-order valence-electron chi connectivity index (χ1n) is 8.66. The monoisotopic (exact) mass is 428 g/mol. The van der Waals surface area contributed by atoms with Gasteiger partial charge < -0.3 is 4.90 Å². The van der Waals surface area contributed by atoms with Crippen LogP contribution in [0.5, 0.6) is 0 Å². The van der Waals surface area contributed by atoms with E-state index < -0.39 is 0 Å². The van der Waals surface area contributed by atoms with Gasteiger partial charge in [0.05, 0.1) is 10.7 Å². The van der Waals surface area contributed by atoms with Gasteiger partial charge >= 0.3 is 0 Å². The summed E-state index contributed by atoms with van der Waals surface area (Å²) in [6, 6.07) is 7.46. The second kappa shape index (κ2) is 6.84.